The Balaban J connectivity index is 2.34. The molecule has 0 aliphatic rings. The van der Waals surface area contributed by atoms with E-state index in [-0.39, 0.29) is 27.8 Å². The molecular weight excluding hydrogens is 288 g/mol. The second kappa shape index (κ2) is 5.54. The molecule has 0 radical (unpaired) electrons. The molecule has 102 valence electrons. The molecule has 8 heteroatoms. The Labute approximate surface area is 117 Å². The van der Waals surface area contributed by atoms with E-state index in [2.05, 4.69) is 4.98 Å². The number of non-ortho nitro benzene ring substituents is 1. The van der Waals surface area contributed by atoms with Gasteiger partial charge in [-0.1, -0.05) is 11.6 Å². The first-order valence-corrected chi connectivity index (χ1v) is 5.65. The lowest BCUT2D eigenvalue weighted by molar-refractivity contribution is -0.384. The molecule has 7 nitrogen and oxygen atoms in total. The summed E-state index contributed by atoms with van der Waals surface area (Å²) in [5, 5.41) is 19.7. The minimum Gasteiger partial charge on any atom is -0.478 e. The Kier molecular flexibility index (Phi) is 3.81. The first-order valence-electron chi connectivity index (χ1n) is 5.27. The summed E-state index contributed by atoms with van der Waals surface area (Å²) in [5.74, 6) is -0.995. The third-order valence-electron chi connectivity index (χ3n) is 2.31. The molecule has 1 aromatic carbocycles. The lowest BCUT2D eigenvalue weighted by atomic mass is 10.3. The predicted octanol–water partition coefficient (Wildman–Crippen LogP) is 3.13. The summed E-state index contributed by atoms with van der Waals surface area (Å²) in [6.45, 7) is 0. The minimum absolute atomic E-state index is 0.0465. The topological polar surface area (TPSA) is 103 Å². The van der Waals surface area contributed by atoms with Gasteiger partial charge in [0.15, 0.2) is 5.75 Å². The van der Waals surface area contributed by atoms with Gasteiger partial charge in [-0.15, -0.1) is 0 Å². The van der Waals surface area contributed by atoms with Gasteiger partial charge in [0.1, 0.15) is 5.75 Å². The van der Waals surface area contributed by atoms with Crippen molar-refractivity contribution in [3.8, 4) is 11.5 Å². The number of aromatic nitrogens is 1. The van der Waals surface area contributed by atoms with Crippen molar-refractivity contribution in [1.29, 1.82) is 0 Å². The number of nitrogens with zero attached hydrogens (tertiary/aromatic N) is 2. The first-order chi connectivity index (χ1) is 9.47. The number of aromatic carboxylic acids is 1. The van der Waals surface area contributed by atoms with Crippen molar-refractivity contribution >= 4 is 23.3 Å². The van der Waals surface area contributed by atoms with E-state index >= 15 is 0 Å². The van der Waals surface area contributed by atoms with Gasteiger partial charge in [0.25, 0.3) is 5.69 Å². The fourth-order valence-corrected chi connectivity index (χ4v) is 1.56. The highest BCUT2D eigenvalue weighted by Gasteiger charge is 2.12. The van der Waals surface area contributed by atoms with Crippen LogP contribution in [0.25, 0.3) is 0 Å². The van der Waals surface area contributed by atoms with Crippen molar-refractivity contribution in [2.45, 2.75) is 0 Å². The molecular formula is C12H7ClN2O5. The smallest absolute Gasteiger partial charge is 0.337 e. The fraction of sp³-hybridized carbons (Fsp3) is 0. The van der Waals surface area contributed by atoms with Crippen LogP contribution in [0.5, 0.6) is 11.5 Å². The molecule has 2 aromatic rings. The van der Waals surface area contributed by atoms with Gasteiger partial charge in [0.2, 0.25) is 0 Å². The molecule has 1 heterocycles. The summed E-state index contributed by atoms with van der Waals surface area (Å²) in [5.41, 5.74) is -0.254. The maximum absolute atomic E-state index is 10.8. The minimum atomic E-state index is -1.16. The second-order valence-electron chi connectivity index (χ2n) is 3.69. The van der Waals surface area contributed by atoms with Gasteiger partial charge in [-0.3, -0.25) is 15.1 Å². The van der Waals surface area contributed by atoms with Crippen molar-refractivity contribution in [1.82, 2.24) is 4.98 Å². The van der Waals surface area contributed by atoms with Gasteiger partial charge in [-0.25, -0.2) is 4.79 Å². The number of carboxylic acids is 1. The van der Waals surface area contributed by atoms with E-state index in [4.69, 9.17) is 21.4 Å². The number of hydrogen-bond donors (Lipinski definition) is 1. The summed E-state index contributed by atoms with van der Waals surface area (Å²) < 4.78 is 5.33. The number of rotatable bonds is 4. The van der Waals surface area contributed by atoms with Gasteiger partial charge < -0.3 is 9.84 Å². The van der Waals surface area contributed by atoms with Crippen LogP contribution in [0, 0.1) is 10.1 Å². The molecule has 0 unspecified atom stereocenters. The van der Waals surface area contributed by atoms with Crippen LogP contribution in [0.3, 0.4) is 0 Å². The zero-order valence-electron chi connectivity index (χ0n) is 9.82. The van der Waals surface area contributed by atoms with Gasteiger partial charge in [-0.05, 0) is 12.1 Å². The number of carbonyl (C=O) groups is 1. The monoisotopic (exact) mass is 294 g/mol. The van der Waals surface area contributed by atoms with Crippen LogP contribution in [0.15, 0.2) is 36.7 Å². The standard InChI is InChI=1S/C12H7ClN2O5/c13-10-2-1-8(15(18)19)4-11(10)20-9-3-7(12(16)17)5-14-6-9/h1-6H,(H,16,17). The van der Waals surface area contributed by atoms with E-state index in [0.717, 1.165) is 12.3 Å². The zero-order chi connectivity index (χ0) is 14.7. The van der Waals surface area contributed by atoms with Crippen LogP contribution in [0.2, 0.25) is 5.02 Å². The first kappa shape index (κ1) is 13.8. The Morgan fingerprint density at radius 1 is 1.35 bits per heavy atom. The van der Waals surface area contributed by atoms with E-state index in [0.29, 0.717) is 0 Å². The SMILES string of the molecule is O=C(O)c1cncc(Oc2cc([N+](=O)[O-])ccc2Cl)c1. The molecule has 2 rings (SSSR count). The maximum Gasteiger partial charge on any atom is 0.337 e. The van der Waals surface area contributed by atoms with Crippen LogP contribution in [0.1, 0.15) is 10.4 Å². The number of nitro groups is 1. The number of nitro benzene ring substituents is 1. The number of pyridine rings is 1. The fourth-order valence-electron chi connectivity index (χ4n) is 1.40. The molecule has 1 N–H and O–H groups in total. The molecule has 0 atom stereocenters. The van der Waals surface area contributed by atoms with Crippen LogP contribution < -0.4 is 4.74 Å². The quantitative estimate of drug-likeness (QED) is 0.686. The molecule has 0 fully saturated rings. The molecule has 20 heavy (non-hydrogen) atoms. The molecule has 0 amide bonds. The van der Waals surface area contributed by atoms with E-state index in [1.165, 1.54) is 24.4 Å². The van der Waals surface area contributed by atoms with Crippen LogP contribution in [0.4, 0.5) is 5.69 Å². The van der Waals surface area contributed by atoms with Crippen molar-refractivity contribution in [3.05, 3.63) is 57.4 Å². The molecule has 1 aromatic heterocycles. The number of hydrogen-bond acceptors (Lipinski definition) is 5. The number of benzene rings is 1. The third kappa shape index (κ3) is 3.01. The molecule has 0 bridgehead atoms. The van der Waals surface area contributed by atoms with Crippen molar-refractivity contribution in [3.63, 3.8) is 0 Å². The summed E-state index contributed by atoms with van der Waals surface area (Å²) in [7, 11) is 0. The molecule has 0 aliphatic carbocycles. The zero-order valence-corrected chi connectivity index (χ0v) is 10.6. The van der Waals surface area contributed by atoms with Crippen LogP contribution >= 0.6 is 11.6 Å². The van der Waals surface area contributed by atoms with E-state index in [1.807, 2.05) is 0 Å². The summed E-state index contributed by atoms with van der Waals surface area (Å²) in [4.78, 5) is 24.6. The summed E-state index contributed by atoms with van der Waals surface area (Å²) >= 11 is 5.87. The molecule has 0 saturated heterocycles. The third-order valence-corrected chi connectivity index (χ3v) is 2.63. The number of carboxylic acid groups (broad SMARTS) is 1. The Bertz CT molecular complexity index is 689. The van der Waals surface area contributed by atoms with Gasteiger partial charge >= 0.3 is 5.97 Å². The Morgan fingerprint density at radius 2 is 2.10 bits per heavy atom. The second-order valence-corrected chi connectivity index (χ2v) is 4.10. The van der Waals surface area contributed by atoms with Gasteiger partial charge in [-0.2, -0.15) is 0 Å². The normalized spacial score (nSPS) is 10.1. The van der Waals surface area contributed by atoms with Gasteiger partial charge in [0, 0.05) is 12.3 Å². The Morgan fingerprint density at radius 3 is 2.75 bits per heavy atom. The number of ether oxygens (including phenoxy) is 1. The van der Waals surface area contributed by atoms with E-state index in [9.17, 15) is 14.9 Å². The lowest BCUT2D eigenvalue weighted by Gasteiger charge is -2.07. The van der Waals surface area contributed by atoms with Gasteiger partial charge in [0.05, 0.1) is 27.8 Å². The van der Waals surface area contributed by atoms with Crippen LogP contribution in [-0.2, 0) is 0 Å². The van der Waals surface area contributed by atoms with E-state index < -0.39 is 10.9 Å². The number of halogens is 1. The van der Waals surface area contributed by atoms with E-state index in [1.54, 1.807) is 0 Å². The molecule has 0 aliphatic heterocycles. The summed E-state index contributed by atoms with van der Waals surface area (Å²) in [6, 6.07) is 4.95. The maximum atomic E-state index is 10.8. The Hall–Kier alpha value is -2.67. The highest BCUT2D eigenvalue weighted by Crippen LogP contribution is 2.32. The highest BCUT2D eigenvalue weighted by atomic mass is 35.5. The highest BCUT2D eigenvalue weighted by molar-refractivity contribution is 6.32. The van der Waals surface area contributed by atoms with Crippen LogP contribution in [-0.4, -0.2) is 21.0 Å². The largest absolute Gasteiger partial charge is 0.478 e. The lowest BCUT2D eigenvalue weighted by Crippen LogP contribution is -1.98. The molecule has 0 spiro atoms. The van der Waals surface area contributed by atoms with Crippen molar-refractivity contribution in [2.24, 2.45) is 0 Å². The average Bonchev–Trinajstić information content (AvgIpc) is 2.41. The predicted molar refractivity (Wildman–Crippen MR) is 69.4 cm³/mol. The van der Waals surface area contributed by atoms with Crippen molar-refractivity contribution in [2.75, 3.05) is 0 Å². The molecule has 0 saturated carbocycles. The summed E-state index contributed by atoms with van der Waals surface area (Å²) in [6.07, 6.45) is 2.44. The van der Waals surface area contributed by atoms with Crippen molar-refractivity contribution < 1.29 is 19.6 Å². The average molecular weight is 295 g/mol.